The summed E-state index contributed by atoms with van der Waals surface area (Å²) in [5.74, 6) is 0.755. The maximum absolute atomic E-state index is 14.5. The van der Waals surface area contributed by atoms with Crippen LogP contribution in [0.5, 0.6) is 0 Å². The van der Waals surface area contributed by atoms with Gasteiger partial charge in [-0.2, -0.15) is 5.10 Å². The van der Waals surface area contributed by atoms with E-state index in [1.807, 2.05) is 23.1 Å². The maximum Gasteiger partial charge on any atom is 0.227 e. The molecule has 0 radical (unpaired) electrons. The lowest BCUT2D eigenvalue weighted by molar-refractivity contribution is -0.142. The Morgan fingerprint density at radius 1 is 0.927 bits per heavy atom. The van der Waals surface area contributed by atoms with Gasteiger partial charge in [-0.1, -0.05) is 43.0 Å². The van der Waals surface area contributed by atoms with Crippen LogP contribution >= 0.6 is 11.6 Å². The Hall–Kier alpha value is -1.96. The number of likely N-dealkylation sites (tertiary alicyclic amines) is 2. The standard InChI is InChI=1S/C33H49ClN6O/c34-28-10-8-26(9-11-28)22-30(33(35)14-12-29(13-15-33)38-18-4-5-19-38)31(41)39-20-16-32(17-21-39,23-40-25-36-24-37-40)27-6-2-1-3-7-27/h8-11,24-25,27,29-30H,1-7,12-23,35H2/t29?,30-,33?/m0/s1. The first kappa shape index (κ1) is 29.1. The number of hydrogen-bond donors (Lipinski definition) is 1. The van der Waals surface area contributed by atoms with Crippen LogP contribution in [-0.4, -0.2) is 68.2 Å². The molecule has 1 atom stereocenters. The predicted octanol–water partition coefficient (Wildman–Crippen LogP) is 5.72. The molecule has 0 bridgehead atoms. The molecule has 0 spiro atoms. The Morgan fingerprint density at radius 2 is 1.61 bits per heavy atom. The normalized spacial score (nSPS) is 28.5. The number of carbonyl (C=O) groups excluding carboxylic acids is 1. The Kier molecular flexibility index (Phi) is 9.04. The Morgan fingerprint density at radius 3 is 2.24 bits per heavy atom. The summed E-state index contributed by atoms with van der Waals surface area (Å²) in [6.45, 7) is 4.98. The molecule has 4 fully saturated rings. The highest BCUT2D eigenvalue weighted by atomic mass is 35.5. The highest BCUT2D eigenvalue weighted by molar-refractivity contribution is 6.30. The van der Waals surface area contributed by atoms with Crippen LogP contribution in [0.15, 0.2) is 36.9 Å². The van der Waals surface area contributed by atoms with Crippen LogP contribution in [-0.2, 0) is 17.8 Å². The number of piperidine rings is 1. The highest BCUT2D eigenvalue weighted by Crippen LogP contribution is 2.47. The molecule has 2 aromatic rings. The minimum Gasteiger partial charge on any atom is -0.342 e. The van der Waals surface area contributed by atoms with Gasteiger partial charge in [0.05, 0.1) is 5.92 Å². The third kappa shape index (κ3) is 6.52. The van der Waals surface area contributed by atoms with Crippen molar-refractivity contribution in [2.75, 3.05) is 26.2 Å². The van der Waals surface area contributed by atoms with Crippen LogP contribution < -0.4 is 5.73 Å². The maximum atomic E-state index is 14.5. The number of hydrogen-bond acceptors (Lipinski definition) is 5. The van der Waals surface area contributed by atoms with Crippen LogP contribution in [0.3, 0.4) is 0 Å². The Balaban J connectivity index is 1.18. The van der Waals surface area contributed by atoms with Gasteiger partial charge in [0.25, 0.3) is 0 Å². The number of rotatable bonds is 8. The van der Waals surface area contributed by atoms with Gasteiger partial charge in [-0.15, -0.1) is 0 Å². The van der Waals surface area contributed by atoms with Crippen LogP contribution in [0.2, 0.25) is 5.02 Å². The molecule has 6 rings (SSSR count). The van der Waals surface area contributed by atoms with Gasteiger partial charge < -0.3 is 15.5 Å². The zero-order valence-electron chi connectivity index (χ0n) is 24.7. The molecule has 0 unspecified atom stereocenters. The number of nitrogens with two attached hydrogens (primary N) is 1. The average Bonchev–Trinajstić information content (AvgIpc) is 3.73. The quantitative estimate of drug-likeness (QED) is 0.432. The SMILES string of the molecule is NC1([C@@H](Cc2ccc(Cl)cc2)C(=O)N2CCC(Cn3cncn3)(C3CCCCC3)CC2)CCC(N2CCCC2)CC1. The molecule has 2 saturated heterocycles. The predicted molar refractivity (Wildman–Crippen MR) is 163 cm³/mol. The molecular weight excluding hydrogens is 532 g/mol. The molecule has 1 aromatic carbocycles. The molecule has 2 N–H and O–H groups in total. The fourth-order valence-electron chi connectivity index (χ4n) is 8.79. The number of aromatic nitrogens is 3. The van der Waals surface area contributed by atoms with Crippen molar-refractivity contribution < 1.29 is 4.79 Å². The van der Waals surface area contributed by atoms with Gasteiger partial charge in [-0.25, -0.2) is 4.98 Å². The van der Waals surface area contributed by atoms with E-state index in [4.69, 9.17) is 17.3 Å². The van der Waals surface area contributed by atoms with Crippen molar-refractivity contribution in [1.29, 1.82) is 0 Å². The van der Waals surface area contributed by atoms with Crippen LogP contribution in [0.1, 0.15) is 89.0 Å². The van der Waals surface area contributed by atoms with Crippen molar-refractivity contribution in [1.82, 2.24) is 24.6 Å². The van der Waals surface area contributed by atoms with Gasteiger partial charge in [0.15, 0.2) is 0 Å². The summed E-state index contributed by atoms with van der Waals surface area (Å²) in [5, 5.41) is 5.22. The fraction of sp³-hybridized carbons (Fsp3) is 0.727. The fourth-order valence-corrected chi connectivity index (χ4v) is 8.92. The number of nitrogens with zero attached hydrogens (tertiary/aromatic N) is 5. The van der Waals surface area contributed by atoms with E-state index in [-0.39, 0.29) is 17.2 Å². The largest absolute Gasteiger partial charge is 0.342 e. The van der Waals surface area contributed by atoms with Crippen molar-refractivity contribution >= 4 is 17.5 Å². The van der Waals surface area contributed by atoms with E-state index in [2.05, 4.69) is 32.0 Å². The van der Waals surface area contributed by atoms with Crippen molar-refractivity contribution in [3.63, 3.8) is 0 Å². The first-order valence-corrected chi connectivity index (χ1v) is 16.7. The molecule has 4 aliphatic rings. The summed E-state index contributed by atoms with van der Waals surface area (Å²) in [7, 11) is 0. The van der Waals surface area contributed by atoms with Gasteiger partial charge in [0.2, 0.25) is 5.91 Å². The van der Waals surface area contributed by atoms with Crippen LogP contribution in [0.4, 0.5) is 0 Å². The number of benzene rings is 1. The van der Waals surface area contributed by atoms with Gasteiger partial charge in [0.1, 0.15) is 12.7 Å². The lowest BCUT2D eigenvalue weighted by atomic mass is 9.63. The van der Waals surface area contributed by atoms with E-state index < -0.39 is 5.54 Å². The lowest BCUT2D eigenvalue weighted by Crippen LogP contribution is -2.59. The number of amides is 1. The minimum atomic E-state index is -0.467. The van der Waals surface area contributed by atoms with Crippen molar-refractivity contribution in [2.24, 2.45) is 23.0 Å². The zero-order valence-corrected chi connectivity index (χ0v) is 25.5. The third-order valence-corrected chi connectivity index (χ3v) is 11.6. The van der Waals surface area contributed by atoms with E-state index in [1.54, 1.807) is 6.33 Å². The molecule has 224 valence electrons. The Labute approximate surface area is 251 Å². The van der Waals surface area contributed by atoms with Crippen LogP contribution in [0, 0.1) is 17.3 Å². The van der Waals surface area contributed by atoms with E-state index in [0.717, 1.165) is 68.7 Å². The van der Waals surface area contributed by atoms with Gasteiger partial charge in [-0.3, -0.25) is 9.48 Å². The molecule has 1 aromatic heterocycles. The van der Waals surface area contributed by atoms with E-state index in [9.17, 15) is 4.79 Å². The summed E-state index contributed by atoms with van der Waals surface area (Å²) >= 11 is 6.21. The molecule has 1 amide bonds. The van der Waals surface area contributed by atoms with E-state index in [1.165, 1.54) is 58.0 Å². The number of carbonyl (C=O) groups is 1. The summed E-state index contributed by atoms with van der Waals surface area (Å²) in [6.07, 6.45) is 19.5. The molecular formula is C33H49ClN6O. The first-order valence-electron chi connectivity index (χ1n) is 16.3. The van der Waals surface area contributed by atoms with Gasteiger partial charge in [0, 0.05) is 36.2 Å². The molecule has 7 nitrogen and oxygen atoms in total. The smallest absolute Gasteiger partial charge is 0.227 e. The van der Waals surface area contributed by atoms with Crippen molar-refractivity contribution in [2.45, 2.75) is 108 Å². The third-order valence-electron chi connectivity index (χ3n) is 11.4. The summed E-state index contributed by atoms with van der Waals surface area (Å²) in [6, 6.07) is 8.66. The highest BCUT2D eigenvalue weighted by Gasteiger charge is 2.48. The van der Waals surface area contributed by atoms with Crippen LogP contribution in [0.25, 0.3) is 0 Å². The Bertz CT molecular complexity index is 1110. The monoisotopic (exact) mass is 580 g/mol. The summed E-state index contributed by atoms with van der Waals surface area (Å²) in [5.41, 5.74) is 8.17. The second-order valence-electron chi connectivity index (χ2n) is 13.7. The molecule has 3 heterocycles. The lowest BCUT2D eigenvalue weighted by Gasteiger charge is -2.50. The summed E-state index contributed by atoms with van der Waals surface area (Å²) in [4.78, 5) is 23.6. The van der Waals surface area contributed by atoms with Gasteiger partial charge >= 0.3 is 0 Å². The van der Waals surface area contributed by atoms with E-state index >= 15 is 0 Å². The van der Waals surface area contributed by atoms with Crippen molar-refractivity contribution in [3.8, 4) is 0 Å². The number of halogens is 1. The molecule has 2 aliphatic carbocycles. The molecule has 41 heavy (non-hydrogen) atoms. The molecule has 2 saturated carbocycles. The second-order valence-corrected chi connectivity index (χ2v) is 14.1. The molecule has 2 aliphatic heterocycles. The van der Waals surface area contributed by atoms with Gasteiger partial charge in [-0.05, 0) is 113 Å². The first-order chi connectivity index (χ1) is 19.9. The minimum absolute atomic E-state index is 0.185. The average molecular weight is 581 g/mol. The molecule has 8 heteroatoms. The second kappa shape index (κ2) is 12.7. The zero-order chi connectivity index (χ0) is 28.3. The van der Waals surface area contributed by atoms with Crippen molar-refractivity contribution in [3.05, 3.63) is 47.5 Å². The van der Waals surface area contributed by atoms with E-state index in [0.29, 0.717) is 18.4 Å². The summed E-state index contributed by atoms with van der Waals surface area (Å²) < 4.78 is 2.03. The topological polar surface area (TPSA) is 80.3 Å².